The van der Waals surface area contributed by atoms with Crippen molar-refractivity contribution in [2.24, 2.45) is 0 Å². The number of hydrogen-bond donors (Lipinski definition) is 0. The first-order chi connectivity index (χ1) is 13.3. The van der Waals surface area contributed by atoms with Crippen LogP contribution in [-0.2, 0) is 0 Å². The molecule has 2 nitrogen and oxygen atoms in total. The van der Waals surface area contributed by atoms with Gasteiger partial charge in [-0.05, 0) is 70.9 Å². The minimum absolute atomic E-state index is 0.200. The molecule has 1 saturated heterocycles. The molecule has 0 N–H and O–H groups in total. The summed E-state index contributed by atoms with van der Waals surface area (Å²) in [6, 6.07) is 7.27. The van der Waals surface area contributed by atoms with E-state index in [-0.39, 0.29) is 5.82 Å². The number of rotatable bonds is 3. The van der Waals surface area contributed by atoms with Crippen molar-refractivity contribution in [1.82, 2.24) is 9.88 Å². The summed E-state index contributed by atoms with van der Waals surface area (Å²) in [5, 5.41) is 0.605. The topological polar surface area (TPSA) is 16.1 Å². The first-order valence-corrected chi connectivity index (χ1v) is 10.1. The largest absolute Gasteiger partial charge is 0.306 e. The summed E-state index contributed by atoms with van der Waals surface area (Å²) in [5.74, 6) is -0.200. The van der Waals surface area contributed by atoms with Crippen LogP contribution < -0.4 is 0 Å². The summed E-state index contributed by atoms with van der Waals surface area (Å²) in [4.78, 5) is 6.63. The third-order valence-electron chi connectivity index (χ3n) is 4.43. The summed E-state index contributed by atoms with van der Waals surface area (Å²) >= 11 is 6.08. The van der Waals surface area contributed by atoms with Crippen LogP contribution in [-0.4, -0.2) is 30.0 Å². The van der Waals surface area contributed by atoms with E-state index >= 15 is 0 Å². The minimum Gasteiger partial charge on any atom is -0.306 e. The SMILES string of the molecule is C/C=C(/Cl)c1ncc(-c2cccc(C)c2F)cc1C.C=CCC.CN1CCC1. The van der Waals surface area contributed by atoms with Gasteiger partial charge >= 0.3 is 0 Å². The van der Waals surface area contributed by atoms with Gasteiger partial charge in [0, 0.05) is 17.3 Å². The van der Waals surface area contributed by atoms with Crippen molar-refractivity contribution in [2.45, 2.75) is 40.5 Å². The van der Waals surface area contributed by atoms with E-state index in [9.17, 15) is 4.39 Å². The predicted molar refractivity (Wildman–Crippen MR) is 121 cm³/mol. The van der Waals surface area contributed by atoms with Crippen molar-refractivity contribution in [3.8, 4) is 11.1 Å². The highest BCUT2D eigenvalue weighted by Crippen LogP contribution is 2.28. The van der Waals surface area contributed by atoms with Crippen LogP contribution in [0.3, 0.4) is 0 Å². The van der Waals surface area contributed by atoms with Crippen molar-refractivity contribution in [3.05, 3.63) is 71.8 Å². The normalized spacial score (nSPS) is 13.5. The molecule has 0 atom stereocenters. The Labute approximate surface area is 174 Å². The van der Waals surface area contributed by atoms with E-state index in [4.69, 9.17) is 11.6 Å². The molecule has 0 aliphatic carbocycles. The fraction of sp³-hybridized carbons (Fsp3) is 0.375. The molecule has 0 radical (unpaired) electrons. The second-order valence-corrected chi connectivity index (χ2v) is 7.22. The van der Waals surface area contributed by atoms with Crippen LogP contribution >= 0.6 is 11.6 Å². The van der Waals surface area contributed by atoms with Gasteiger partial charge in [-0.25, -0.2) is 4.39 Å². The molecule has 2 heterocycles. The van der Waals surface area contributed by atoms with Crippen LogP contribution in [0.25, 0.3) is 16.2 Å². The van der Waals surface area contributed by atoms with Gasteiger partial charge < -0.3 is 4.90 Å². The van der Waals surface area contributed by atoms with Gasteiger partial charge in [-0.15, -0.1) is 6.58 Å². The van der Waals surface area contributed by atoms with Gasteiger partial charge in [-0.3, -0.25) is 4.98 Å². The van der Waals surface area contributed by atoms with E-state index in [1.54, 1.807) is 31.3 Å². The lowest BCUT2D eigenvalue weighted by Gasteiger charge is -2.24. The maximum atomic E-state index is 14.1. The molecule has 152 valence electrons. The number of pyridine rings is 1. The Morgan fingerprint density at radius 2 is 1.89 bits per heavy atom. The quantitative estimate of drug-likeness (QED) is 0.513. The molecule has 0 bridgehead atoms. The highest BCUT2D eigenvalue weighted by molar-refractivity contribution is 6.48. The molecule has 3 rings (SSSR count). The van der Waals surface area contributed by atoms with E-state index in [0.29, 0.717) is 16.2 Å². The molecular weight excluding hydrogens is 371 g/mol. The van der Waals surface area contributed by atoms with Gasteiger partial charge in [-0.2, -0.15) is 0 Å². The van der Waals surface area contributed by atoms with Gasteiger partial charge in [0.2, 0.25) is 0 Å². The fourth-order valence-electron chi connectivity index (χ4n) is 2.45. The highest BCUT2D eigenvalue weighted by Gasteiger charge is 2.10. The summed E-state index contributed by atoms with van der Waals surface area (Å²) in [6.07, 6.45) is 7.83. The van der Waals surface area contributed by atoms with Gasteiger partial charge in [0.15, 0.2) is 0 Å². The Morgan fingerprint density at radius 3 is 2.32 bits per heavy atom. The first-order valence-electron chi connectivity index (χ1n) is 9.69. The lowest BCUT2D eigenvalue weighted by molar-refractivity contribution is 0.229. The van der Waals surface area contributed by atoms with Crippen LogP contribution in [0.15, 0.2) is 49.2 Å². The average Bonchev–Trinajstić information content (AvgIpc) is 2.68. The second kappa shape index (κ2) is 12.5. The zero-order valence-electron chi connectivity index (χ0n) is 17.7. The Bertz CT molecular complexity index is 795. The lowest BCUT2D eigenvalue weighted by Crippen LogP contribution is -2.32. The molecule has 0 saturated carbocycles. The zero-order chi connectivity index (χ0) is 21.1. The number of halogens is 2. The zero-order valence-corrected chi connectivity index (χ0v) is 18.5. The summed E-state index contributed by atoms with van der Waals surface area (Å²) in [7, 11) is 2.14. The van der Waals surface area contributed by atoms with E-state index < -0.39 is 0 Å². The van der Waals surface area contributed by atoms with Gasteiger partial charge in [0.1, 0.15) is 5.82 Å². The second-order valence-electron chi connectivity index (χ2n) is 6.82. The van der Waals surface area contributed by atoms with Crippen LogP contribution in [0.5, 0.6) is 0 Å². The number of nitrogens with zero attached hydrogens (tertiary/aromatic N) is 2. The van der Waals surface area contributed by atoms with E-state index in [1.165, 1.54) is 19.5 Å². The van der Waals surface area contributed by atoms with Crippen LogP contribution in [0, 0.1) is 19.7 Å². The van der Waals surface area contributed by atoms with Crippen LogP contribution in [0.1, 0.15) is 43.5 Å². The van der Waals surface area contributed by atoms with Crippen molar-refractivity contribution in [1.29, 1.82) is 0 Å². The van der Waals surface area contributed by atoms with Crippen LogP contribution in [0.2, 0.25) is 0 Å². The number of likely N-dealkylation sites (tertiary alicyclic amines) is 1. The Balaban J connectivity index is 0.000000359. The van der Waals surface area contributed by atoms with Gasteiger partial charge in [-0.1, -0.05) is 48.9 Å². The molecule has 1 aromatic carbocycles. The van der Waals surface area contributed by atoms with Gasteiger partial charge in [0.25, 0.3) is 0 Å². The number of allylic oxidation sites excluding steroid dienone is 2. The molecular formula is C24H32ClFN2. The maximum absolute atomic E-state index is 14.1. The van der Waals surface area contributed by atoms with E-state index in [0.717, 1.165) is 23.2 Å². The highest BCUT2D eigenvalue weighted by atomic mass is 35.5. The Morgan fingerprint density at radius 1 is 1.29 bits per heavy atom. The molecule has 1 fully saturated rings. The summed E-state index contributed by atoms with van der Waals surface area (Å²) < 4.78 is 14.1. The number of hydrogen-bond acceptors (Lipinski definition) is 2. The van der Waals surface area contributed by atoms with Gasteiger partial charge in [0.05, 0.1) is 10.7 Å². The third-order valence-corrected chi connectivity index (χ3v) is 4.83. The molecule has 0 spiro atoms. The maximum Gasteiger partial charge on any atom is 0.133 e. The summed E-state index contributed by atoms with van der Waals surface area (Å²) in [5.41, 5.74) is 3.63. The molecule has 0 unspecified atom stereocenters. The van der Waals surface area contributed by atoms with Crippen molar-refractivity contribution >= 4 is 16.6 Å². The molecule has 28 heavy (non-hydrogen) atoms. The summed E-state index contributed by atoms with van der Waals surface area (Å²) in [6.45, 7) is 13.7. The molecule has 0 amide bonds. The van der Waals surface area contributed by atoms with Crippen molar-refractivity contribution in [3.63, 3.8) is 0 Å². The molecule has 1 aromatic heterocycles. The van der Waals surface area contributed by atoms with Crippen LogP contribution in [0.4, 0.5) is 4.39 Å². The molecule has 1 aliphatic rings. The number of aromatic nitrogens is 1. The monoisotopic (exact) mass is 402 g/mol. The lowest BCUT2D eigenvalue weighted by atomic mass is 10.0. The molecule has 4 heteroatoms. The number of aryl methyl sites for hydroxylation is 2. The van der Waals surface area contributed by atoms with Crippen molar-refractivity contribution in [2.75, 3.05) is 20.1 Å². The minimum atomic E-state index is -0.200. The smallest absolute Gasteiger partial charge is 0.133 e. The fourth-order valence-corrected chi connectivity index (χ4v) is 2.65. The van der Waals surface area contributed by atoms with E-state index in [2.05, 4.69) is 30.4 Å². The third kappa shape index (κ3) is 7.21. The van der Waals surface area contributed by atoms with Crippen molar-refractivity contribution < 1.29 is 4.39 Å². The van der Waals surface area contributed by atoms with E-state index in [1.807, 2.05) is 32.1 Å². The number of benzene rings is 1. The molecule has 1 aliphatic heterocycles. The first kappa shape index (κ1) is 24.1. The average molecular weight is 403 g/mol. The standard InChI is InChI=1S/C16H15ClFN.C4H9N.C4H8/c1-4-14(17)16-11(3)8-12(9-19-16)13-7-5-6-10(2)15(13)18;1-5-3-2-4-5;1-3-4-2/h4-9H,1-3H3;2-4H2,1H3;3H,1,4H2,2H3/b14-4+;;. The molecule has 2 aromatic rings. The predicted octanol–water partition coefficient (Wildman–Crippen LogP) is 7.01. The Hall–Kier alpha value is -1.97. The Kier molecular flexibility index (Phi) is 10.7.